The fourth-order valence-electron chi connectivity index (χ4n) is 1.63. The molecule has 0 unspecified atom stereocenters. The second-order valence-electron chi connectivity index (χ2n) is 3.60. The van der Waals surface area contributed by atoms with Crippen LogP contribution in [0.1, 0.15) is 5.56 Å². The maximum atomic E-state index is 10.5. The van der Waals surface area contributed by atoms with Crippen molar-refractivity contribution in [3.63, 3.8) is 0 Å². The first kappa shape index (κ1) is 10.5. The van der Waals surface area contributed by atoms with Crippen LogP contribution < -0.4 is 0 Å². The van der Waals surface area contributed by atoms with Crippen molar-refractivity contribution in [3.05, 3.63) is 30.0 Å². The summed E-state index contributed by atoms with van der Waals surface area (Å²) in [5, 5.41) is 27.9. The first-order valence-electron chi connectivity index (χ1n) is 4.78. The molecule has 84 valence electrons. The Morgan fingerprint density at radius 3 is 2.88 bits per heavy atom. The molecule has 2 rings (SSSR count). The van der Waals surface area contributed by atoms with Crippen molar-refractivity contribution in [2.24, 2.45) is 0 Å². The van der Waals surface area contributed by atoms with Crippen LogP contribution in [-0.4, -0.2) is 32.4 Å². The molecule has 0 radical (unpaired) electrons. The first-order valence-corrected chi connectivity index (χ1v) is 4.78. The van der Waals surface area contributed by atoms with Gasteiger partial charge in [-0.15, -0.1) is 0 Å². The van der Waals surface area contributed by atoms with Crippen molar-refractivity contribution >= 4 is 16.9 Å². The van der Waals surface area contributed by atoms with Gasteiger partial charge in [0.25, 0.3) is 0 Å². The van der Waals surface area contributed by atoms with Crippen LogP contribution in [0.15, 0.2) is 24.4 Å². The van der Waals surface area contributed by atoms with Crippen LogP contribution >= 0.6 is 0 Å². The summed E-state index contributed by atoms with van der Waals surface area (Å²) < 4.78 is 0. The monoisotopic (exact) mass is 221 g/mol. The van der Waals surface area contributed by atoms with Gasteiger partial charge < -0.3 is 20.3 Å². The minimum Gasteiger partial charge on any atom is -0.508 e. The Hall–Kier alpha value is -2.01. The fraction of sp³-hybridized carbons (Fsp3) is 0.182. The molecule has 1 aromatic heterocycles. The normalized spacial score (nSPS) is 12.8. The Morgan fingerprint density at radius 1 is 1.44 bits per heavy atom. The maximum Gasteiger partial charge on any atom is 0.332 e. The fourth-order valence-corrected chi connectivity index (χ4v) is 1.63. The molecular weight excluding hydrogens is 210 g/mol. The van der Waals surface area contributed by atoms with E-state index in [9.17, 15) is 15.0 Å². The average Bonchev–Trinajstić information content (AvgIpc) is 2.61. The van der Waals surface area contributed by atoms with Gasteiger partial charge in [-0.1, -0.05) is 0 Å². The van der Waals surface area contributed by atoms with E-state index in [1.165, 1.54) is 12.1 Å². The van der Waals surface area contributed by atoms with Crippen LogP contribution in [0.2, 0.25) is 0 Å². The largest absolute Gasteiger partial charge is 0.508 e. The number of aromatic nitrogens is 1. The van der Waals surface area contributed by atoms with Crippen molar-refractivity contribution in [2.45, 2.75) is 12.5 Å². The molecule has 1 atom stereocenters. The third-order valence-electron chi connectivity index (χ3n) is 2.45. The topological polar surface area (TPSA) is 93.5 Å². The highest BCUT2D eigenvalue weighted by Gasteiger charge is 2.16. The lowest BCUT2D eigenvalue weighted by atomic mass is 10.1. The summed E-state index contributed by atoms with van der Waals surface area (Å²) in [6, 6.07) is 4.77. The predicted octanol–water partition coefficient (Wildman–Crippen LogP) is 0.862. The second-order valence-corrected chi connectivity index (χ2v) is 3.60. The molecule has 0 aliphatic carbocycles. The summed E-state index contributed by atoms with van der Waals surface area (Å²) in [5.74, 6) is -1.15. The van der Waals surface area contributed by atoms with E-state index in [-0.39, 0.29) is 12.2 Å². The number of aromatic amines is 1. The Morgan fingerprint density at radius 2 is 2.19 bits per heavy atom. The zero-order chi connectivity index (χ0) is 11.7. The number of carboxylic acids is 1. The molecule has 0 aliphatic heterocycles. The van der Waals surface area contributed by atoms with Crippen LogP contribution in [0.5, 0.6) is 5.75 Å². The van der Waals surface area contributed by atoms with Crippen LogP contribution in [0, 0.1) is 0 Å². The molecule has 0 saturated carbocycles. The summed E-state index contributed by atoms with van der Waals surface area (Å²) in [6.07, 6.45) is 0.219. The molecule has 1 heterocycles. The number of hydrogen-bond acceptors (Lipinski definition) is 3. The third kappa shape index (κ3) is 1.85. The summed E-state index contributed by atoms with van der Waals surface area (Å²) >= 11 is 0. The molecule has 1 aromatic carbocycles. The standard InChI is InChI=1S/C11H11NO4/c13-7-1-2-9-8(4-7)6(5-12-9)3-10(14)11(15)16/h1-2,4-5,10,12-14H,3H2,(H,15,16)/t10-/m0/s1. The number of phenolic OH excluding ortho intramolecular Hbond substituents is 1. The van der Waals surface area contributed by atoms with Gasteiger partial charge in [-0.05, 0) is 23.8 Å². The van der Waals surface area contributed by atoms with Gasteiger partial charge in [0.15, 0.2) is 6.10 Å². The molecule has 0 aliphatic rings. The predicted molar refractivity (Wildman–Crippen MR) is 57.3 cm³/mol. The maximum absolute atomic E-state index is 10.5. The molecule has 0 fully saturated rings. The number of nitrogens with one attached hydrogen (secondary N) is 1. The number of H-pyrrole nitrogens is 1. The van der Waals surface area contributed by atoms with Crippen molar-refractivity contribution in [1.29, 1.82) is 0 Å². The highest BCUT2D eigenvalue weighted by molar-refractivity contribution is 5.85. The Kier molecular flexibility index (Phi) is 2.54. The van der Waals surface area contributed by atoms with E-state index in [1.54, 1.807) is 12.3 Å². The molecule has 16 heavy (non-hydrogen) atoms. The summed E-state index contributed by atoms with van der Waals surface area (Å²) in [4.78, 5) is 13.5. The molecule has 0 bridgehead atoms. The summed E-state index contributed by atoms with van der Waals surface area (Å²) in [5.41, 5.74) is 1.46. The molecule has 4 N–H and O–H groups in total. The number of carboxylic acid groups (broad SMARTS) is 1. The zero-order valence-corrected chi connectivity index (χ0v) is 8.34. The van der Waals surface area contributed by atoms with Crippen molar-refractivity contribution in [1.82, 2.24) is 4.98 Å². The molecular formula is C11H11NO4. The summed E-state index contributed by atoms with van der Waals surface area (Å²) in [7, 11) is 0. The van der Waals surface area contributed by atoms with Gasteiger partial charge in [-0.3, -0.25) is 0 Å². The van der Waals surface area contributed by atoms with Crippen molar-refractivity contribution < 1.29 is 20.1 Å². The molecule has 0 amide bonds. The Labute approximate surface area is 91.0 Å². The van der Waals surface area contributed by atoms with E-state index in [4.69, 9.17) is 5.11 Å². The van der Waals surface area contributed by atoms with E-state index < -0.39 is 12.1 Å². The van der Waals surface area contributed by atoms with E-state index in [2.05, 4.69) is 4.98 Å². The van der Waals surface area contributed by atoms with Gasteiger partial charge in [0.2, 0.25) is 0 Å². The van der Waals surface area contributed by atoms with Gasteiger partial charge >= 0.3 is 5.97 Å². The van der Waals surface area contributed by atoms with E-state index >= 15 is 0 Å². The number of aliphatic hydroxyl groups is 1. The lowest BCUT2D eigenvalue weighted by molar-refractivity contribution is -0.146. The van der Waals surface area contributed by atoms with Gasteiger partial charge in [-0.2, -0.15) is 0 Å². The first-order chi connectivity index (χ1) is 7.58. The van der Waals surface area contributed by atoms with Crippen LogP contribution in [-0.2, 0) is 11.2 Å². The SMILES string of the molecule is O=C(O)[C@@H](O)Cc1c[nH]c2ccc(O)cc12. The van der Waals surface area contributed by atoms with Crippen LogP contribution in [0.3, 0.4) is 0 Å². The number of aliphatic hydroxyl groups excluding tert-OH is 1. The Balaban J connectivity index is 2.37. The van der Waals surface area contributed by atoms with Crippen LogP contribution in [0.4, 0.5) is 0 Å². The smallest absolute Gasteiger partial charge is 0.332 e. The van der Waals surface area contributed by atoms with Gasteiger partial charge in [0.05, 0.1) is 0 Å². The molecule has 2 aromatic rings. The number of aromatic hydroxyl groups is 1. The lowest BCUT2D eigenvalue weighted by Gasteiger charge is -2.03. The number of carbonyl (C=O) groups is 1. The number of benzene rings is 1. The van der Waals surface area contributed by atoms with Crippen molar-refractivity contribution in [2.75, 3.05) is 0 Å². The summed E-state index contributed by atoms with van der Waals surface area (Å²) in [6.45, 7) is 0. The number of rotatable bonds is 3. The van der Waals surface area contributed by atoms with E-state index in [1.807, 2.05) is 0 Å². The number of hydrogen-bond donors (Lipinski definition) is 4. The van der Waals surface area contributed by atoms with Crippen molar-refractivity contribution in [3.8, 4) is 5.75 Å². The van der Waals surface area contributed by atoms with E-state index in [0.29, 0.717) is 5.56 Å². The Bertz CT molecular complexity index is 532. The lowest BCUT2D eigenvalue weighted by Crippen LogP contribution is -2.21. The molecule has 5 heteroatoms. The molecule has 0 spiro atoms. The minimum atomic E-state index is -1.43. The minimum absolute atomic E-state index is 0.0127. The highest BCUT2D eigenvalue weighted by Crippen LogP contribution is 2.23. The van der Waals surface area contributed by atoms with Gasteiger partial charge in [-0.25, -0.2) is 4.79 Å². The molecule has 0 saturated heterocycles. The van der Waals surface area contributed by atoms with Crippen LogP contribution in [0.25, 0.3) is 10.9 Å². The van der Waals surface area contributed by atoms with E-state index in [0.717, 1.165) is 10.9 Å². The number of aliphatic carboxylic acids is 1. The van der Waals surface area contributed by atoms with Gasteiger partial charge in [0.1, 0.15) is 5.75 Å². The quantitative estimate of drug-likeness (QED) is 0.618. The molecule has 5 nitrogen and oxygen atoms in total. The number of phenols is 1. The highest BCUT2D eigenvalue weighted by atomic mass is 16.4. The number of fused-ring (bicyclic) bond motifs is 1. The van der Waals surface area contributed by atoms with Gasteiger partial charge in [0, 0.05) is 23.5 Å². The second kappa shape index (κ2) is 3.86. The third-order valence-corrected chi connectivity index (χ3v) is 2.45. The average molecular weight is 221 g/mol. The zero-order valence-electron chi connectivity index (χ0n) is 8.34.